The Morgan fingerprint density at radius 3 is 2.50 bits per heavy atom. The van der Waals surface area contributed by atoms with Crippen molar-refractivity contribution < 1.29 is 9.59 Å². The largest absolute Gasteiger partial charge is 0.356 e. The molecule has 4 nitrogen and oxygen atoms in total. The predicted molar refractivity (Wildman–Crippen MR) is 46.6 cm³/mol. The third-order valence-corrected chi connectivity index (χ3v) is 1.58. The van der Waals surface area contributed by atoms with Crippen molar-refractivity contribution in [3.8, 4) is 0 Å². The fourth-order valence-electron chi connectivity index (χ4n) is 0.775. The van der Waals surface area contributed by atoms with Gasteiger partial charge in [0.05, 0.1) is 6.04 Å². The lowest BCUT2D eigenvalue weighted by atomic mass is 10.1. The zero-order valence-electron chi connectivity index (χ0n) is 7.59. The van der Waals surface area contributed by atoms with Gasteiger partial charge in [0.25, 0.3) is 0 Å². The number of carbonyl (C=O) groups is 2. The van der Waals surface area contributed by atoms with Gasteiger partial charge in [0.1, 0.15) is 5.78 Å². The standard InChI is InChI=1S/C8H16N2O2/c1-3-10-8(12)5-4-7(9)6(2)11/h7H,3-5,9H2,1-2H3,(H,10,12). The molecule has 1 unspecified atom stereocenters. The molecule has 0 aromatic carbocycles. The molecule has 0 rings (SSSR count). The lowest BCUT2D eigenvalue weighted by molar-refractivity contribution is -0.121. The predicted octanol–water partition coefficient (Wildman–Crippen LogP) is -0.181. The fourth-order valence-corrected chi connectivity index (χ4v) is 0.775. The van der Waals surface area contributed by atoms with Gasteiger partial charge in [-0.15, -0.1) is 0 Å². The van der Waals surface area contributed by atoms with Crippen LogP contribution in [0.5, 0.6) is 0 Å². The number of amides is 1. The van der Waals surface area contributed by atoms with Gasteiger partial charge in [-0.05, 0) is 20.3 Å². The van der Waals surface area contributed by atoms with Crippen LogP contribution in [0.2, 0.25) is 0 Å². The summed E-state index contributed by atoms with van der Waals surface area (Å²) in [5, 5.41) is 2.63. The van der Waals surface area contributed by atoms with Crippen LogP contribution in [0.3, 0.4) is 0 Å². The minimum Gasteiger partial charge on any atom is -0.356 e. The molecule has 0 aliphatic carbocycles. The molecular formula is C8H16N2O2. The van der Waals surface area contributed by atoms with E-state index in [-0.39, 0.29) is 11.7 Å². The molecule has 0 aromatic rings. The number of hydrogen-bond acceptors (Lipinski definition) is 3. The molecule has 0 saturated carbocycles. The van der Waals surface area contributed by atoms with Crippen LogP contribution in [0.15, 0.2) is 0 Å². The van der Waals surface area contributed by atoms with Crippen molar-refractivity contribution in [2.75, 3.05) is 6.54 Å². The van der Waals surface area contributed by atoms with Crippen molar-refractivity contribution in [3.05, 3.63) is 0 Å². The van der Waals surface area contributed by atoms with Crippen molar-refractivity contribution in [1.29, 1.82) is 0 Å². The van der Waals surface area contributed by atoms with Gasteiger partial charge < -0.3 is 11.1 Å². The van der Waals surface area contributed by atoms with E-state index in [0.717, 1.165) is 0 Å². The number of ketones is 1. The van der Waals surface area contributed by atoms with E-state index < -0.39 is 6.04 Å². The summed E-state index contributed by atoms with van der Waals surface area (Å²) in [4.78, 5) is 21.5. The first kappa shape index (κ1) is 11.1. The Morgan fingerprint density at radius 2 is 2.08 bits per heavy atom. The summed E-state index contributed by atoms with van der Waals surface area (Å²) in [6.45, 7) is 3.90. The maximum atomic E-state index is 10.9. The Labute approximate surface area is 72.5 Å². The highest BCUT2D eigenvalue weighted by molar-refractivity contribution is 5.82. The van der Waals surface area contributed by atoms with Gasteiger partial charge in [-0.25, -0.2) is 0 Å². The van der Waals surface area contributed by atoms with E-state index in [1.54, 1.807) is 0 Å². The highest BCUT2D eigenvalue weighted by atomic mass is 16.1. The first-order chi connectivity index (χ1) is 5.57. The monoisotopic (exact) mass is 172 g/mol. The molecule has 0 spiro atoms. The van der Waals surface area contributed by atoms with Gasteiger partial charge >= 0.3 is 0 Å². The molecule has 1 amide bonds. The molecule has 0 bridgehead atoms. The summed E-state index contributed by atoms with van der Waals surface area (Å²) in [5.74, 6) is -0.117. The summed E-state index contributed by atoms with van der Waals surface area (Å²) >= 11 is 0. The van der Waals surface area contributed by atoms with E-state index in [2.05, 4.69) is 5.32 Å². The normalized spacial score (nSPS) is 12.2. The van der Waals surface area contributed by atoms with E-state index in [1.165, 1.54) is 6.92 Å². The van der Waals surface area contributed by atoms with E-state index in [1.807, 2.05) is 6.92 Å². The number of Topliss-reactive ketones (excluding diaryl/α,β-unsaturated/α-hetero) is 1. The van der Waals surface area contributed by atoms with Crippen LogP contribution in [0.1, 0.15) is 26.7 Å². The summed E-state index contributed by atoms with van der Waals surface area (Å²) < 4.78 is 0. The second kappa shape index (κ2) is 5.71. The van der Waals surface area contributed by atoms with Gasteiger partial charge in [-0.2, -0.15) is 0 Å². The Morgan fingerprint density at radius 1 is 1.50 bits per heavy atom. The molecule has 4 heteroatoms. The first-order valence-electron chi connectivity index (χ1n) is 4.10. The van der Waals surface area contributed by atoms with Crippen LogP contribution in [-0.4, -0.2) is 24.3 Å². The Hall–Kier alpha value is -0.900. The lowest BCUT2D eigenvalue weighted by Crippen LogP contribution is -2.31. The topological polar surface area (TPSA) is 72.2 Å². The number of nitrogens with two attached hydrogens (primary N) is 1. The third-order valence-electron chi connectivity index (χ3n) is 1.58. The summed E-state index contributed by atoms with van der Waals surface area (Å²) in [6.07, 6.45) is 0.760. The van der Waals surface area contributed by atoms with E-state index in [9.17, 15) is 9.59 Å². The average Bonchev–Trinajstić information content (AvgIpc) is 2.00. The summed E-state index contributed by atoms with van der Waals surface area (Å²) in [5.41, 5.74) is 5.43. The van der Waals surface area contributed by atoms with E-state index in [0.29, 0.717) is 19.4 Å². The van der Waals surface area contributed by atoms with Gasteiger partial charge in [0.15, 0.2) is 0 Å². The lowest BCUT2D eigenvalue weighted by Gasteiger charge is -2.06. The number of rotatable bonds is 5. The van der Waals surface area contributed by atoms with E-state index in [4.69, 9.17) is 5.73 Å². The van der Waals surface area contributed by atoms with Gasteiger partial charge in [0, 0.05) is 13.0 Å². The maximum Gasteiger partial charge on any atom is 0.220 e. The van der Waals surface area contributed by atoms with Crippen LogP contribution < -0.4 is 11.1 Å². The smallest absolute Gasteiger partial charge is 0.220 e. The van der Waals surface area contributed by atoms with E-state index >= 15 is 0 Å². The zero-order valence-corrected chi connectivity index (χ0v) is 7.59. The summed E-state index contributed by atoms with van der Waals surface area (Å²) in [7, 11) is 0. The zero-order chi connectivity index (χ0) is 9.56. The quantitative estimate of drug-likeness (QED) is 0.604. The second-order valence-electron chi connectivity index (χ2n) is 2.71. The highest BCUT2D eigenvalue weighted by Gasteiger charge is 2.09. The molecular weight excluding hydrogens is 156 g/mol. The second-order valence-corrected chi connectivity index (χ2v) is 2.71. The van der Waals surface area contributed by atoms with Crippen LogP contribution in [-0.2, 0) is 9.59 Å². The van der Waals surface area contributed by atoms with Crippen molar-refractivity contribution in [2.24, 2.45) is 5.73 Å². The van der Waals surface area contributed by atoms with Crippen LogP contribution in [0.4, 0.5) is 0 Å². The molecule has 0 aromatic heterocycles. The molecule has 70 valence electrons. The van der Waals surface area contributed by atoms with Gasteiger partial charge in [-0.1, -0.05) is 0 Å². The average molecular weight is 172 g/mol. The molecule has 0 fully saturated rings. The molecule has 0 saturated heterocycles. The minimum absolute atomic E-state index is 0.0470. The number of hydrogen-bond donors (Lipinski definition) is 2. The minimum atomic E-state index is -0.493. The molecule has 3 N–H and O–H groups in total. The molecule has 1 atom stereocenters. The third kappa shape index (κ3) is 4.85. The van der Waals surface area contributed by atoms with Crippen molar-refractivity contribution >= 4 is 11.7 Å². The Bertz CT molecular complexity index is 168. The van der Waals surface area contributed by atoms with Crippen molar-refractivity contribution in [3.63, 3.8) is 0 Å². The van der Waals surface area contributed by atoms with Crippen molar-refractivity contribution in [1.82, 2.24) is 5.32 Å². The van der Waals surface area contributed by atoms with Crippen LogP contribution in [0.25, 0.3) is 0 Å². The van der Waals surface area contributed by atoms with Gasteiger partial charge in [0.2, 0.25) is 5.91 Å². The molecule has 0 aliphatic heterocycles. The maximum absolute atomic E-state index is 10.9. The first-order valence-corrected chi connectivity index (χ1v) is 4.10. The fraction of sp³-hybridized carbons (Fsp3) is 0.750. The Balaban J connectivity index is 3.54. The molecule has 0 radical (unpaired) electrons. The highest BCUT2D eigenvalue weighted by Crippen LogP contribution is 1.95. The van der Waals surface area contributed by atoms with Gasteiger partial charge in [-0.3, -0.25) is 9.59 Å². The molecule has 12 heavy (non-hydrogen) atoms. The van der Waals surface area contributed by atoms with Crippen LogP contribution >= 0.6 is 0 Å². The molecule has 0 heterocycles. The van der Waals surface area contributed by atoms with Crippen LogP contribution in [0, 0.1) is 0 Å². The molecule has 0 aliphatic rings. The Kier molecular flexibility index (Phi) is 5.28. The SMILES string of the molecule is CCNC(=O)CCC(N)C(C)=O. The number of nitrogens with one attached hydrogen (secondary N) is 1. The van der Waals surface area contributed by atoms with Crippen molar-refractivity contribution in [2.45, 2.75) is 32.7 Å². The number of carbonyl (C=O) groups excluding carboxylic acids is 2. The summed E-state index contributed by atoms with van der Waals surface area (Å²) in [6, 6.07) is -0.493.